The lowest BCUT2D eigenvalue weighted by atomic mass is 9.70. The van der Waals surface area contributed by atoms with Crippen molar-refractivity contribution >= 4 is 25.8 Å². The van der Waals surface area contributed by atoms with E-state index in [9.17, 15) is 9.59 Å². The van der Waals surface area contributed by atoms with Gasteiger partial charge >= 0.3 is 11.7 Å². The number of rotatable bonds is 6. The fourth-order valence-electron chi connectivity index (χ4n) is 3.79. The molecule has 1 fully saturated rings. The van der Waals surface area contributed by atoms with Gasteiger partial charge in [-0.3, -0.25) is 4.79 Å². The largest absolute Gasteiger partial charge is 0.460 e. The monoisotopic (exact) mass is 366 g/mol. The molecule has 0 aromatic rings. The molecule has 0 amide bonds. The number of methoxy groups -OCH3 is 1. The van der Waals surface area contributed by atoms with E-state index in [1.54, 1.807) is 0 Å². The zero-order valence-electron chi connectivity index (χ0n) is 15.6. The minimum Gasteiger partial charge on any atom is -0.460 e. The van der Waals surface area contributed by atoms with Gasteiger partial charge in [0, 0.05) is 18.3 Å². The molecule has 2 aliphatic rings. The molecule has 0 spiro atoms. The van der Waals surface area contributed by atoms with Gasteiger partial charge in [-0.25, -0.2) is 4.79 Å². The molecule has 0 N–H and O–H groups in total. The molecule has 1 unspecified atom stereocenters. The Balaban J connectivity index is 2.42. The van der Waals surface area contributed by atoms with Crippen LogP contribution in [0.2, 0.25) is 19.6 Å². The Bertz CT molecular complexity index is 630. The van der Waals surface area contributed by atoms with Crippen LogP contribution in [-0.4, -0.2) is 55.5 Å². The van der Waals surface area contributed by atoms with E-state index in [1.807, 2.05) is 26.0 Å². The number of hydrogen-bond acceptors (Lipinski definition) is 5. The van der Waals surface area contributed by atoms with Gasteiger partial charge in [-0.05, 0) is 19.6 Å². The van der Waals surface area contributed by atoms with Gasteiger partial charge in [-0.15, -0.1) is 0 Å². The summed E-state index contributed by atoms with van der Waals surface area (Å²) in [5.41, 5.74) is 7.68. The number of carbonyl (C=O) groups excluding carboxylic acids is 2. The summed E-state index contributed by atoms with van der Waals surface area (Å²) in [6.07, 6.45) is 3.67. The molecule has 0 aromatic carbocycles. The highest BCUT2D eigenvalue weighted by molar-refractivity contribution is 6.70. The van der Waals surface area contributed by atoms with Crippen molar-refractivity contribution in [3.8, 4) is 0 Å². The van der Waals surface area contributed by atoms with E-state index in [0.29, 0.717) is 0 Å². The minimum atomic E-state index is -2.03. The average Bonchev–Trinajstić information content (AvgIpc) is 2.97. The number of nitrogens with zero attached hydrogens (tertiary/aromatic N) is 2. The van der Waals surface area contributed by atoms with Crippen molar-refractivity contribution in [1.29, 1.82) is 0 Å². The first-order chi connectivity index (χ1) is 11.6. The number of hydrogen-bond donors (Lipinski definition) is 0. The summed E-state index contributed by atoms with van der Waals surface area (Å²) in [5, 5.41) is 0. The number of fused-ring (bicyclic) bond motifs is 2. The lowest BCUT2D eigenvalue weighted by molar-refractivity contribution is -0.176. The van der Waals surface area contributed by atoms with Gasteiger partial charge < -0.3 is 19.4 Å². The number of Topliss-reactive ketones (excluding diaryl/α,β-unsaturated/α-hetero) is 1. The lowest BCUT2D eigenvalue weighted by Crippen LogP contribution is -2.61. The van der Waals surface area contributed by atoms with Gasteiger partial charge in [0.1, 0.15) is 0 Å². The summed E-state index contributed by atoms with van der Waals surface area (Å²) in [4.78, 5) is 27.3. The van der Waals surface area contributed by atoms with E-state index < -0.39 is 31.4 Å². The molecular formula is C17H26N2O5Si. The molecule has 2 aliphatic heterocycles. The maximum atomic E-state index is 12.7. The van der Waals surface area contributed by atoms with E-state index in [2.05, 4.69) is 29.2 Å². The third-order valence-electron chi connectivity index (χ3n) is 5.01. The predicted molar refractivity (Wildman–Crippen MR) is 93.6 cm³/mol. The van der Waals surface area contributed by atoms with Gasteiger partial charge in [0.2, 0.25) is 0 Å². The number of carbonyl (C=O) groups is 2. The van der Waals surface area contributed by atoms with Crippen LogP contribution in [0.15, 0.2) is 12.2 Å². The van der Waals surface area contributed by atoms with E-state index in [4.69, 9.17) is 14.7 Å². The van der Waals surface area contributed by atoms with Gasteiger partial charge in [0.05, 0.1) is 24.9 Å². The molecule has 2 rings (SSSR count). The highest BCUT2D eigenvalue weighted by Gasteiger charge is 2.57. The summed E-state index contributed by atoms with van der Waals surface area (Å²) in [6, 6.07) is 0. The second kappa shape index (κ2) is 6.95. The first kappa shape index (κ1) is 19.7. The molecule has 25 heavy (non-hydrogen) atoms. The smallest absolute Gasteiger partial charge is 0.441 e. The van der Waals surface area contributed by atoms with E-state index in [0.717, 1.165) is 7.11 Å². The molecule has 0 aromatic heterocycles. The quantitative estimate of drug-likeness (QED) is 0.136. The zero-order chi connectivity index (χ0) is 19.0. The Hall–Kier alpha value is -1.60. The number of esters is 1. The molecule has 138 valence electrons. The Morgan fingerprint density at radius 1 is 1.20 bits per heavy atom. The molecular weight excluding hydrogens is 340 g/mol. The van der Waals surface area contributed by atoms with Crippen molar-refractivity contribution in [2.75, 3.05) is 7.11 Å². The van der Waals surface area contributed by atoms with Crippen LogP contribution in [0.5, 0.6) is 0 Å². The second-order valence-electron chi connectivity index (χ2n) is 7.74. The van der Waals surface area contributed by atoms with Crippen LogP contribution in [0.25, 0.3) is 5.53 Å². The van der Waals surface area contributed by atoms with E-state index >= 15 is 0 Å². The Labute approximate surface area is 149 Å². The van der Waals surface area contributed by atoms with Crippen molar-refractivity contribution < 1.29 is 28.3 Å². The summed E-state index contributed by atoms with van der Waals surface area (Å²) in [5.74, 6) is -1.73. The third-order valence-corrected chi connectivity index (χ3v) is 6.00. The van der Waals surface area contributed by atoms with Crippen LogP contribution >= 0.6 is 0 Å². The second-order valence-corrected chi connectivity index (χ2v) is 12.2. The van der Waals surface area contributed by atoms with E-state index in [-0.39, 0.29) is 30.5 Å². The van der Waals surface area contributed by atoms with Crippen molar-refractivity contribution in [2.24, 2.45) is 11.8 Å². The minimum absolute atomic E-state index is 0.0634. The highest BCUT2D eigenvalue weighted by Crippen LogP contribution is 2.48. The molecule has 0 aliphatic carbocycles. The maximum absolute atomic E-state index is 12.7. The molecule has 7 nitrogen and oxygen atoms in total. The summed E-state index contributed by atoms with van der Waals surface area (Å²) in [6.45, 7) is 10.2. The summed E-state index contributed by atoms with van der Waals surface area (Å²) in [7, 11) is -0.896. The van der Waals surface area contributed by atoms with Crippen LogP contribution in [0.3, 0.4) is 0 Å². The van der Waals surface area contributed by atoms with Crippen molar-refractivity contribution in [1.82, 2.24) is 0 Å². The van der Waals surface area contributed by atoms with Crippen molar-refractivity contribution in [3.05, 3.63) is 17.7 Å². The topological polar surface area (TPSA) is 98.2 Å². The maximum Gasteiger partial charge on any atom is 0.441 e. The van der Waals surface area contributed by atoms with Crippen LogP contribution < -0.4 is 0 Å². The predicted octanol–water partition coefficient (Wildman–Crippen LogP) is 1.99. The Morgan fingerprint density at radius 2 is 1.72 bits per heavy atom. The molecule has 5 atom stereocenters. The van der Waals surface area contributed by atoms with Crippen LogP contribution in [0, 0.1) is 11.8 Å². The fourth-order valence-corrected chi connectivity index (χ4v) is 5.37. The van der Waals surface area contributed by atoms with Crippen LogP contribution in [0.4, 0.5) is 0 Å². The van der Waals surface area contributed by atoms with Gasteiger partial charge in [0.15, 0.2) is 8.32 Å². The molecule has 2 bridgehead atoms. The van der Waals surface area contributed by atoms with Crippen LogP contribution in [-0.2, 0) is 23.5 Å². The first-order valence-electron chi connectivity index (χ1n) is 8.43. The molecule has 8 heteroatoms. The SMILES string of the molecule is COC(=O)C(=[N+]=[N-])C(=O)CC1(O[Si](C)(C)C)[C@H](C)[C@@H]2C=C[C@@H](O2)[C@@H]1C. The normalized spacial score (nSPS) is 33.7. The molecule has 0 saturated carbocycles. The number of ketones is 1. The van der Waals surface area contributed by atoms with Gasteiger partial charge in [-0.2, -0.15) is 4.79 Å². The van der Waals surface area contributed by atoms with E-state index in [1.165, 1.54) is 0 Å². The Morgan fingerprint density at radius 3 is 2.12 bits per heavy atom. The standard InChI is InChI=1S/C17H26N2O5Si/c1-10-13-7-8-14(23-13)11(2)17(10,24-25(4,5)6)9-12(20)15(19-18)16(21)22-3/h7-8,10-11,13-14H,9H2,1-6H3/t10-,11+,13+,14-,17?. The Kier molecular flexibility index (Phi) is 5.49. The summed E-state index contributed by atoms with van der Waals surface area (Å²) >= 11 is 0. The zero-order valence-corrected chi connectivity index (χ0v) is 16.6. The molecule has 0 radical (unpaired) electrons. The molecule has 1 saturated heterocycles. The van der Waals surface area contributed by atoms with Crippen LogP contribution in [0.1, 0.15) is 20.3 Å². The first-order valence-corrected chi connectivity index (χ1v) is 11.8. The highest BCUT2D eigenvalue weighted by atomic mass is 28.4. The summed E-state index contributed by atoms with van der Waals surface area (Å²) < 4.78 is 17.1. The van der Waals surface area contributed by atoms with Gasteiger partial charge in [-0.1, -0.05) is 26.0 Å². The average molecular weight is 366 g/mol. The van der Waals surface area contributed by atoms with Crippen molar-refractivity contribution in [2.45, 2.75) is 57.7 Å². The third kappa shape index (κ3) is 3.67. The fraction of sp³-hybridized carbons (Fsp3) is 0.706. The molecule has 2 heterocycles. The van der Waals surface area contributed by atoms with Crippen molar-refractivity contribution in [3.63, 3.8) is 0 Å². The lowest BCUT2D eigenvalue weighted by Gasteiger charge is -2.52. The number of ether oxygens (including phenoxy) is 2. The van der Waals surface area contributed by atoms with Gasteiger partial charge in [0.25, 0.3) is 5.78 Å².